The van der Waals surface area contributed by atoms with Crippen LogP contribution in [0.25, 0.3) is 21.1 Å². The minimum atomic E-state index is -0.396. The van der Waals surface area contributed by atoms with E-state index in [-0.39, 0.29) is 11.5 Å². The van der Waals surface area contributed by atoms with E-state index >= 15 is 0 Å². The third-order valence-electron chi connectivity index (χ3n) is 4.72. The lowest BCUT2D eigenvalue weighted by Crippen LogP contribution is -2.13. The Hall–Kier alpha value is -3.19. The van der Waals surface area contributed by atoms with Crippen LogP contribution in [0.4, 0.5) is 5.69 Å². The molecule has 29 heavy (non-hydrogen) atoms. The summed E-state index contributed by atoms with van der Waals surface area (Å²) in [7, 11) is 0. The third kappa shape index (κ3) is 4.46. The summed E-state index contributed by atoms with van der Waals surface area (Å²) >= 11 is 1.49. The molecule has 0 atom stereocenters. The maximum absolute atomic E-state index is 12.3. The molecule has 7 heteroatoms. The molecule has 0 radical (unpaired) electrons. The molecule has 0 aliphatic rings. The fourth-order valence-electron chi connectivity index (χ4n) is 3.26. The Bertz CT molecular complexity index is 1290. The van der Waals surface area contributed by atoms with Crippen LogP contribution < -0.4 is 16.5 Å². The summed E-state index contributed by atoms with van der Waals surface area (Å²) in [4.78, 5) is 35.7. The summed E-state index contributed by atoms with van der Waals surface area (Å²) in [5.41, 5.74) is 0.836. The van der Waals surface area contributed by atoms with Gasteiger partial charge < -0.3 is 9.73 Å². The second kappa shape index (κ2) is 8.45. The van der Waals surface area contributed by atoms with E-state index < -0.39 is 5.63 Å². The van der Waals surface area contributed by atoms with Gasteiger partial charge in [-0.1, -0.05) is 30.1 Å². The molecule has 4 aromatic rings. The number of aryl methyl sites for hydroxylation is 1. The number of fused-ring (bicyclic) bond motifs is 2. The van der Waals surface area contributed by atoms with Crippen LogP contribution in [0.3, 0.4) is 0 Å². The third-order valence-corrected chi connectivity index (χ3v) is 5.84. The van der Waals surface area contributed by atoms with Crippen molar-refractivity contribution in [1.82, 2.24) is 3.96 Å². The predicted molar refractivity (Wildman–Crippen MR) is 116 cm³/mol. The highest BCUT2D eigenvalue weighted by molar-refractivity contribution is 7.13. The highest BCUT2D eigenvalue weighted by Crippen LogP contribution is 2.19. The maximum atomic E-state index is 12.3. The quantitative estimate of drug-likeness (QED) is 0.364. The summed E-state index contributed by atoms with van der Waals surface area (Å²) in [6.45, 7) is 0.676. The molecule has 2 aromatic carbocycles. The number of hydrogen-bond acceptors (Lipinski definition) is 5. The molecule has 2 aromatic heterocycles. The number of nitrogens with one attached hydrogen (secondary N) is 1. The summed E-state index contributed by atoms with van der Waals surface area (Å²) < 4.78 is 7.88. The Labute approximate surface area is 170 Å². The van der Waals surface area contributed by atoms with Crippen LogP contribution >= 0.6 is 11.5 Å². The van der Waals surface area contributed by atoms with Crippen LogP contribution in [0.15, 0.2) is 68.6 Å². The van der Waals surface area contributed by atoms with Gasteiger partial charge in [-0.05, 0) is 49.2 Å². The molecule has 4 rings (SSSR count). The minimum Gasteiger partial charge on any atom is -0.423 e. The zero-order valence-corrected chi connectivity index (χ0v) is 16.5. The molecule has 0 aliphatic carbocycles. The molecule has 0 saturated heterocycles. The highest BCUT2D eigenvalue weighted by Gasteiger charge is 2.07. The number of anilines is 1. The predicted octanol–water partition coefficient (Wildman–Crippen LogP) is 4.37. The normalized spacial score (nSPS) is 11.2. The van der Waals surface area contributed by atoms with Gasteiger partial charge in [0, 0.05) is 30.1 Å². The highest BCUT2D eigenvalue weighted by atomic mass is 32.1. The van der Waals surface area contributed by atoms with Crippen molar-refractivity contribution in [2.24, 2.45) is 0 Å². The monoisotopic (exact) mass is 408 g/mol. The lowest BCUT2D eigenvalue weighted by Gasteiger charge is -2.06. The molecular weight excluding hydrogens is 388 g/mol. The number of aromatic nitrogens is 1. The number of nitrogens with zero attached hydrogens (tertiary/aromatic N) is 1. The molecule has 0 saturated carbocycles. The number of unbranched alkanes of at least 4 members (excludes halogenated alkanes) is 2. The van der Waals surface area contributed by atoms with Crippen molar-refractivity contribution in [3.63, 3.8) is 0 Å². The molecule has 0 spiro atoms. The molecule has 0 aliphatic heterocycles. The number of benzene rings is 2. The molecule has 2 heterocycles. The van der Waals surface area contributed by atoms with E-state index in [4.69, 9.17) is 4.42 Å². The van der Waals surface area contributed by atoms with Gasteiger partial charge in [0.25, 0.3) is 5.56 Å². The molecule has 1 N–H and O–H groups in total. The first kappa shape index (κ1) is 19.1. The molecule has 1 amide bonds. The second-order valence-corrected chi connectivity index (χ2v) is 7.92. The van der Waals surface area contributed by atoms with Crippen LogP contribution in [0.1, 0.15) is 25.7 Å². The van der Waals surface area contributed by atoms with Gasteiger partial charge in [-0.25, -0.2) is 4.79 Å². The number of hydrogen-bond donors (Lipinski definition) is 1. The van der Waals surface area contributed by atoms with E-state index in [2.05, 4.69) is 5.32 Å². The van der Waals surface area contributed by atoms with Gasteiger partial charge in [-0.3, -0.25) is 13.5 Å². The van der Waals surface area contributed by atoms with Crippen LogP contribution in [0.2, 0.25) is 0 Å². The van der Waals surface area contributed by atoms with E-state index in [1.165, 1.54) is 17.6 Å². The number of carbonyl (C=O) groups is 1. The van der Waals surface area contributed by atoms with Crippen molar-refractivity contribution < 1.29 is 9.21 Å². The average molecular weight is 408 g/mol. The average Bonchev–Trinajstić information content (AvgIpc) is 3.04. The SMILES string of the molecule is O=C(CCCCCn1sc2ccccc2c1=O)Nc1ccc2oc(=O)ccc2c1. The Balaban J connectivity index is 1.25. The Morgan fingerprint density at radius 2 is 1.86 bits per heavy atom. The second-order valence-electron chi connectivity index (χ2n) is 6.86. The van der Waals surface area contributed by atoms with Gasteiger partial charge >= 0.3 is 5.63 Å². The Kier molecular flexibility index (Phi) is 5.57. The molecule has 0 unspecified atom stereocenters. The van der Waals surface area contributed by atoms with E-state index in [0.717, 1.165) is 34.7 Å². The van der Waals surface area contributed by atoms with E-state index in [0.29, 0.717) is 24.2 Å². The van der Waals surface area contributed by atoms with Crippen molar-refractivity contribution in [1.29, 1.82) is 0 Å². The van der Waals surface area contributed by atoms with Crippen molar-refractivity contribution in [2.45, 2.75) is 32.2 Å². The van der Waals surface area contributed by atoms with Crippen LogP contribution in [0, 0.1) is 0 Å². The Morgan fingerprint density at radius 3 is 2.72 bits per heavy atom. The fourth-order valence-corrected chi connectivity index (χ4v) is 4.29. The molecule has 0 bridgehead atoms. The zero-order chi connectivity index (χ0) is 20.2. The summed E-state index contributed by atoms with van der Waals surface area (Å²) in [6.07, 6.45) is 2.91. The van der Waals surface area contributed by atoms with Crippen molar-refractivity contribution in [3.8, 4) is 0 Å². The molecule has 6 nitrogen and oxygen atoms in total. The minimum absolute atomic E-state index is 0.0548. The van der Waals surface area contributed by atoms with Crippen molar-refractivity contribution >= 4 is 44.2 Å². The van der Waals surface area contributed by atoms with Crippen LogP contribution in [-0.2, 0) is 11.3 Å². The van der Waals surface area contributed by atoms with Gasteiger partial charge in [0.1, 0.15) is 5.58 Å². The van der Waals surface area contributed by atoms with Crippen LogP contribution in [0.5, 0.6) is 0 Å². The van der Waals surface area contributed by atoms with E-state index in [1.807, 2.05) is 24.3 Å². The number of carbonyl (C=O) groups excluding carboxylic acids is 1. The largest absolute Gasteiger partial charge is 0.423 e. The van der Waals surface area contributed by atoms with Gasteiger partial charge in [0.15, 0.2) is 0 Å². The lowest BCUT2D eigenvalue weighted by molar-refractivity contribution is -0.116. The fraction of sp³-hybridized carbons (Fsp3) is 0.227. The van der Waals surface area contributed by atoms with Gasteiger partial charge in [-0.2, -0.15) is 0 Å². The van der Waals surface area contributed by atoms with Gasteiger partial charge in [-0.15, -0.1) is 0 Å². The zero-order valence-electron chi connectivity index (χ0n) is 15.7. The first-order chi connectivity index (χ1) is 14.1. The summed E-state index contributed by atoms with van der Waals surface area (Å²) in [6, 6.07) is 15.8. The molecule has 0 fully saturated rings. The standard InChI is InChI=1S/C22H20N2O4S/c25-20(23-16-10-11-18-15(14-16)9-12-21(26)28-18)8-2-1-5-13-24-22(27)17-6-3-4-7-19(17)29-24/h3-4,6-7,9-12,14H,1-2,5,8,13H2,(H,23,25). The smallest absolute Gasteiger partial charge is 0.336 e. The number of amides is 1. The first-order valence-corrected chi connectivity index (χ1v) is 10.3. The number of rotatable bonds is 7. The summed E-state index contributed by atoms with van der Waals surface area (Å²) in [5.74, 6) is -0.0548. The van der Waals surface area contributed by atoms with Gasteiger partial charge in [0.05, 0.1) is 10.1 Å². The lowest BCUT2D eigenvalue weighted by atomic mass is 10.1. The topological polar surface area (TPSA) is 81.3 Å². The maximum Gasteiger partial charge on any atom is 0.336 e. The van der Waals surface area contributed by atoms with Crippen molar-refractivity contribution in [3.05, 3.63) is 75.4 Å². The van der Waals surface area contributed by atoms with E-state index in [9.17, 15) is 14.4 Å². The van der Waals surface area contributed by atoms with Crippen molar-refractivity contribution in [2.75, 3.05) is 5.32 Å². The molecule has 148 valence electrons. The molecular formula is C22H20N2O4S. The van der Waals surface area contributed by atoms with Crippen LogP contribution in [-0.4, -0.2) is 9.86 Å². The summed E-state index contributed by atoms with van der Waals surface area (Å²) in [5, 5.41) is 4.40. The first-order valence-electron chi connectivity index (χ1n) is 9.53. The van der Waals surface area contributed by atoms with E-state index in [1.54, 1.807) is 28.2 Å². The van der Waals surface area contributed by atoms with Gasteiger partial charge in [0.2, 0.25) is 5.91 Å². The Morgan fingerprint density at radius 1 is 1.00 bits per heavy atom.